The summed E-state index contributed by atoms with van der Waals surface area (Å²) < 4.78 is 13.5. The van der Waals surface area contributed by atoms with Crippen LogP contribution in [-0.2, 0) is 4.79 Å². The molecule has 102 valence electrons. The summed E-state index contributed by atoms with van der Waals surface area (Å²) in [5, 5.41) is 9.15. The first-order valence-corrected chi connectivity index (χ1v) is 6.25. The number of carbonyl (C=O) groups is 2. The maximum atomic E-state index is 13.5. The molecule has 0 bridgehead atoms. The van der Waals surface area contributed by atoms with Gasteiger partial charge in [0.1, 0.15) is 5.82 Å². The summed E-state index contributed by atoms with van der Waals surface area (Å²) in [7, 11) is 0. The lowest BCUT2D eigenvalue weighted by Gasteiger charge is -2.41. The van der Waals surface area contributed by atoms with Gasteiger partial charge in [-0.2, -0.15) is 0 Å². The van der Waals surface area contributed by atoms with E-state index in [1.54, 1.807) is 6.92 Å². The highest BCUT2D eigenvalue weighted by atomic mass is 35.5. The van der Waals surface area contributed by atoms with E-state index < -0.39 is 23.6 Å². The number of hydrogen-bond donors (Lipinski definition) is 1. The van der Waals surface area contributed by atoms with Crippen LogP contribution < -0.4 is 0 Å². The largest absolute Gasteiger partial charge is 0.481 e. The highest BCUT2D eigenvalue weighted by molar-refractivity contribution is 6.31. The van der Waals surface area contributed by atoms with Crippen LogP contribution in [0.2, 0.25) is 5.02 Å². The van der Waals surface area contributed by atoms with E-state index >= 15 is 0 Å². The van der Waals surface area contributed by atoms with Crippen LogP contribution in [0.4, 0.5) is 4.39 Å². The standard InChI is InChI=1S/C13H13ClFNO3/c1-7(13(18)19)8-5-16(6-8)12(17)10-4-9(14)2-3-11(10)15/h2-4,7-8H,5-6H2,1H3,(H,18,19). The van der Waals surface area contributed by atoms with Crippen LogP contribution in [-0.4, -0.2) is 35.0 Å². The van der Waals surface area contributed by atoms with Gasteiger partial charge in [-0.15, -0.1) is 0 Å². The highest BCUT2D eigenvalue weighted by Crippen LogP contribution is 2.27. The van der Waals surface area contributed by atoms with E-state index in [4.69, 9.17) is 16.7 Å². The number of amides is 1. The van der Waals surface area contributed by atoms with Crippen molar-refractivity contribution in [3.05, 3.63) is 34.6 Å². The smallest absolute Gasteiger partial charge is 0.306 e. The molecule has 1 N–H and O–H groups in total. The quantitative estimate of drug-likeness (QED) is 0.927. The molecule has 0 aliphatic carbocycles. The van der Waals surface area contributed by atoms with Crippen molar-refractivity contribution in [1.82, 2.24) is 4.90 Å². The molecule has 0 spiro atoms. The zero-order valence-electron chi connectivity index (χ0n) is 10.3. The van der Waals surface area contributed by atoms with Gasteiger partial charge < -0.3 is 10.0 Å². The van der Waals surface area contributed by atoms with Crippen molar-refractivity contribution in [2.75, 3.05) is 13.1 Å². The van der Waals surface area contributed by atoms with Crippen molar-refractivity contribution in [1.29, 1.82) is 0 Å². The zero-order chi connectivity index (χ0) is 14.2. The molecule has 1 aromatic carbocycles. The molecule has 1 saturated heterocycles. The number of carbonyl (C=O) groups excluding carboxylic acids is 1. The monoisotopic (exact) mass is 285 g/mol. The summed E-state index contributed by atoms with van der Waals surface area (Å²) in [4.78, 5) is 24.2. The second-order valence-corrected chi connectivity index (χ2v) is 5.16. The van der Waals surface area contributed by atoms with Gasteiger partial charge in [0.05, 0.1) is 11.5 Å². The van der Waals surface area contributed by atoms with E-state index in [0.717, 1.165) is 6.07 Å². The molecule has 0 radical (unpaired) electrons. The number of carboxylic acids is 1. The molecule has 1 aromatic rings. The molecule has 6 heteroatoms. The molecule has 0 saturated carbocycles. The number of halogens is 2. The zero-order valence-corrected chi connectivity index (χ0v) is 11.0. The van der Waals surface area contributed by atoms with Gasteiger partial charge in [-0.3, -0.25) is 9.59 Å². The molecule has 19 heavy (non-hydrogen) atoms. The Labute approximate surface area is 114 Å². The molecule has 1 aliphatic rings. The van der Waals surface area contributed by atoms with Crippen LogP contribution in [0.3, 0.4) is 0 Å². The fourth-order valence-corrected chi connectivity index (χ4v) is 2.20. The average molecular weight is 286 g/mol. The Morgan fingerprint density at radius 3 is 2.68 bits per heavy atom. The van der Waals surface area contributed by atoms with Crippen LogP contribution in [0.1, 0.15) is 17.3 Å². The van der Waals surface area contributed by atoms with Crippen molar-refractivity contribution in [3.8, 4) is 0 Å². The van der Waals surface area contributed by atoms with E-state index in [1.165, 1.54) is 17.0 Å². The fraction of sp³-hybridized carbons (Fsp3) is 0.385. The average Bonchev–Trinajstić information content (AvgIpc) is 2.29. The predicted octanol–water partition coefficient (Wildman–Crippen LogP) is 2.27. The summed E-state index contributed by atoms with van der Waals surface area (Å²) in [6.07, 6.45) is 0. The summed E-state index contributed by atoms with van der Waals surface area (Å²) in [5.74, 6) is -2.54. The molecular formula is C13H13ClFNO3. The number of benzene rings is 1. The molecule has 1 heterocycles. The second-order valence-electron chi connectivity index (χ2n) is 4.72. The minimum absolute atomic E-state index is 0.0751. The Bertz CT molecular complexity index is 529. The van der Waals surface area contributed by atoms with Crippen LogP contribution >= 0.6 is 11.6 Å². The number of carboxylic acid groups (broad SMARTS) is 1. The Morgan fingerprint density at radius 1 is 1.47 bits per heavy atom. The Morgan fingerprint density at radius 2 is 2.11 bits per heavy atom. The number of nitrogens with zero attached hydrogens (tertiary/aromatic N) is 1. The van der Waals surface area contributed by atoms with Crippen molar-refractivity contribution in [2.24, 2.45) is 11.8 Å². The lowest BCUT2D eigenvalue weighted by molar-refractivity contribution is -0.144. The summed E-state index contributed by atoms with van der Waals surface area (Å²) >= 11 is 5.73. The number of rotatable bonds is 3. The Hall–Kier alpha value is -1.62. The maximum absolute atomic E-state index is 13.5. The SMILES string of the molecule is CC(C(=O)O)C1CN(C(=O)c2cc(Cl)ccc2F)C1. The van der Waals surface area contributed by atoms with E-state index in [-0.39, 0.29) is 11.5 Å². The van der Waals surface area contributed by atoms with Crippen molar-refractivity contribution >= 4 is 23.5 Å². The van der Waals surface area contributed by atoms with Crippen LogP contribution in [0.5, 0.6) is 0 Å². The van der Waals surface area contributed by atoms with Crippen LogP contribution in [0.15, 0.2) is 18.2 Å². The summed E-state index contributed by atoms with van der Waals surface area (Å²) in [6.45, 7) is 2.27. The van der Waals surface area contributed by atoms with Crippen molar-refractivity contribution in [2.45, 2.75) is 6.92 Å². The van der Waals surface area contributed by atoms with Crippen LogP contribution in [0, 0.1) is 17.7 Å². The third-order valence-electron chi connectivity index (χ3n) is 3.45. The highest BCUT2D eigenvalue weighted by Gasteiger charge is 2.38. The Kier molecular flexibility index (Phi) is 3.75. The third kappa shape index (κ3) is 2.71. The third-order valence-corrected chi connectivity index (χ3v) is 3.69. The maximum Gasteiger partial charge on any atom is 0.306 e. The van der Waals surface area contributed by atoms with Crippen LogP contribution in [0.25, 0.3) is 0 Å². The van der Waals surface area contributed by atoms with Gasteiger partial charge in [0.25, 0.3) is 5.91 Å². The lowest BCUT2D eigenvalue weighted by atomic mass is 9.86. The summed E-state index contributed by atoms with van der Waals surface area (Å²) in [5.41, 5.74) is -0.0751. The molecule has 1 atom stereocenters. The van der Waals surface area contributed by atoms with Gasteiger partial charge in [-0.05, 0) is 18.2 Å². The van der Waals surface area contributed by atoms with Gasteiger partial charge in [0.2, 0.25) is 0 Å². The summed E-state index contributed by atoms with van der Waals surface area (Å²) in [6, 6.07) is 3.80. The predicted molar refractivity (Wildman–Crippen MR) is 67.6 cm³/mol. The minimum Gasteiger partial charge on any atom is -0.481 e. The van der Waals surface area contributed by atoms with Gasteiger partial charge in [0, 0.05) is 24.0 Å². The normalized spacial score (nSPS) is 16.9. The van der Waals surface area contributed by atoms with Gasteiger partial charge in [-0.1, -0.05) is 18.5 Å². The lowest BCUT2D eigenvalue weighted by Crippen LogP contribution is -2.53. The van der Waals surface area contributed by atoms with Crippen molar-refractivity contribution < 1.29 is 19.1 Å². The van der Waals surface area contributed by atoms with Gasteiger partial charge >= 0.3 is 5.97 Å². The number of hydrogen-bond acceptors (Lipinski definition) is 2. The molecular weight excluding hydrogens is 273 g/mol. The molecule has 0 aromatic heterocycles. The van der Waals surface area contributed by atoms with E-state index in [0.29, 0.717) is 18.1 Å². The van der Waals surface area contributed by atoms with Gasteiger partial charge in [-0.25, -0.2) is 4.39 Å². The molecule has 1 amide bonds. The topological polar surface area (TPSA) is 57.6 Å². The Balaban J connectivity index is 2.04. The second kappa shape index (κ2) is 5.17. The molecule has 1 unspecified atom stereocenters. The van der Waals surface area contributed by atoms with E-state index in [1.807, 2.05) is 0 Å². The first-order valence-electron chi connectivity index (χ1n) is 5.87. The van der Waals surface area contributed by atoms with E-state index in [9.17, 15) is 14.0 Å². The van der Waals surface area contributed by atoms with Crippen molar-refractivity contribution in [3.63, 3.8) is 0 Å². The number of likely N-dealkylation sites (tertiary alicyclic amines) is 1. The molecule has 2 rings (SSSR count). The number of aliphatic carboxylic acids is 1. The first kappa shape index (κ1) is 13.8. The molecule has 1 aliphatic heterocycles. The minimum atomic E-state index is -0.883. The molecule has 4 nitrogen and oxygen atoms in total. The molecule has 1 fully saturated rings. The van der Waals surface area contributed by atoms with E-state index in [2.05, 4.69) is 0 Å². The first-order chi connectivity index (χ1) is 8.90. The fourth-order valence-electron chi connectivity index (χ4n) is 2.03. The van der Waals surface area contributed by atoms with Gasteiger partial charge in [0.15, 0.2) is 0 Å².